The Morgan fingerprint density at radius 3 is 2.41 bits per heavy atom. The number of hydrogen-bond acceptors (Lipinski definition) is 1. The molecule has 4 aliphatic rings. The lowest BCUT2D eigenvalue weighted by atomic mass is 9.50. The van der Waals surface area contributed by atoms with E-state index in [0.717, 1.165) is 48.3 Å². The third-order valence-electron chi connectivity index (χ3n) is 10.5. The molecule has 0 spiro atoms. The molecule has 0 aromatic heterocycles. The first-order chi connectivity index (χ1) is 13.7. The molecule has 0 aromatic rings. The maximum absolute atomic E-state index is 10.2. The Morgan fingerprint density at radius 2 is 1.69 bits per heavy atom. The summed E-state index contributed by atoms with van der Waals surface area (Å²) in [7, 11) is 0. The van der Waals surface area contributed by atoms with E-state index >= 15 is 0 Å². The molecule has 0 aromatic carbocycles. The molecular formula is C28H46O. The summed E-state index contributed by atoms with van der Waals surface area (Å²) in [4.78, 5) is 0. The van der Waals surface area contributed by atoms with E-state index in [1.165, 1.54) is 44.9 Å². The fraction of sp³-hybridized carbons (Fsp3) is 0.857. The van der Waals surface area contributed by atoms with Gasteiger partial charge in [-0.3, -0.25) is 0 Å². The smallest absolute Gasteiger partial charge is 0.0578 e. The van der Waals surface area contributed by atoms with Crippen molar-refractivity contribution < 1.29 is 5.11 Å². The first-order valence-corrected chi connectivity index (χ1v) is 12.8. The van der Waals surface area contributed by atoms with Gasteiger partial charge in [0, 0.05) is 0 Å². The molecule has 4 aliphatic carbocycles. The van der Waals surface area contributed by atoms with Crippen molar-refractivity contribution in [2.24, 2.45) is 46.3 Å². The minimum absolute atomic E-state index is 0.108. The van der Waals surface area contributed by atoms with E-state index in [9.17, 15) is 5.11 Å². The minimum atomic E-state index is -0.108. The molecule has 0 aliphatic heterocycles. The summed E-state index contributed by atoms with van der Waals surface area (Å²) in [5.74, 6) is 4.97. The Morgan fingerprint density at radius 1 is 0.931 bits per heavy atom. The number of hydrogen-bond donors (Lipinski definition) is 1. The topological polar surface area (TPSA) is 20.2 Å². The van der Waals surface area contributed by atoms with Crippen molar-refractivity contribution in [2.75, 3.05) is 0 Å². The highest BCUT2D eigenvalue weighted by Crippen LogP contribution is 2.66. The van der Waals surface area contributed by atoms with Gasteiger partial charge in [0.25, 0.3) is 0 Å². The van der Waals surface area contributed by atoms with Gasteiger partial charge in [-0.2, -0.15) is 0 Å². The maximum Gasteiger partial charge on any atom is 0.0578 e. The molecule has 8 atom stereocenters. The number of allylic oxidation sites excluding steroid dienone is 3. The Labute approximate surface area is 180 Å². The van der Waals surface area contributed by atoms with Gasteiger partial charge in [-0.25, -0.2) is 0 Å². The third kappa shape index (κ3) is 3.58. The standard InChI is InChI=1S/C28H46O/c1-18(2)19(3)7-8-20(4)24-11-12-25-23-10-9-21-17-22(29)13-15-27(21,5)26(23)14-16-28(24,25)6/h9-10,18-20,22,24-26,29H,7-8,11-17H2,1-6H3/t19-,20+,22?,24+,25-,26-,27-,28+/m0/s1. The monoisotopic (exact) mass is 398 g/mol. The van der Waals surface area contributed by atoms with Crippen LogP contribution < -0.4 is 0 Å². The van der Waals surface area contributed by atoms with Crippen molar-refractivity contribution in [3.8, 4) is 0 Å². The Balaban J connectivity index is 1.52. The summed E-state index contributed by atoms with van der Waals surface area (Å²) >= 11 is 0. The predicted molar refractivity (Wildman–Crippen MR) is 124 cm³/mol. The average molecular weight is 399 g/mol. The fourth-order valence-corrected chi connectivity index (χ4v) is 8.02. The molecule has 1 nitrogen and oxygen atoms in total. The van der Waals surface area contributed by atoms with Crippen molar-refractivity contribution in [2.45, 2.75) is 105 Å². The molecule has 3 saturated carbocycles. The Bertz CT molecular complexity index is 672. The van der Waals surface area contributed by atoms with Crippen LogP contribution in [0.15, 0.2) is 23.3 Å². The highest BCUT2D eigenvalue weighted by atomic mass is 16.3. The van der Waals surface area contributed by atoms with Crippen molar-refractivity contribution in [3.63, 3.8) is 0 Å². The lowest BCUT2D eigenvalue weighted by Crippen LogP contribution is -2.46. The molecule has 0 saturated heterocycles. The van der Waals surface area contributed by atoms with Crippen molar-refractivity contribution in [1.82, 2.24) is 0 Å². The summed E-state index contributed by atoms with van der Waals surface area (Å²) < 4.78 is 0. The molecule has 1 heteroatoms. The molecule has 0 radical (unpaired) electrons. The lowest BCUT2D eigenvalue weighted by molar-refractivity contribution is 0.0317. The van der Waals surface area contributed by atoms with Gasteiger partial charge in [0.05, 0.1) is 6.10 Å². The van der Waals surface area contributed by atoms with Gasteiger partial charge in [-0.15, -0.1) is 0 Å². The Kier molecular flexibility index (Phi) is 5.86. The second kappa shape index (κ2) is 7.85. The van der Waals surface area contributed by atoms with Crippen molar-refractivity contribution >= 4 is 0 Å². The van der Waals surface area contributed by atoms with Crippen LogP contribution in [-0.2, 0) is 0 Å². The van der Waals surface area contributed by atoms with Gasteiger partial charge >= 0.3 is 0 Å². The maximum atomic E-state index is 10.2. The summed E-state index contributed by atoms with van der Waals surface area (Å²) in [6.45, 7) is 14.9. The molecule has 0 heterocycles. The second-order valence-electron chi connectivity index (χ2n) is 12.3. The second-order valence-corrected chi connectivity index (χ2v) is 12.3. The number of rotatable bonds is 5. The summed E-state index contributed by atoms with van der Waals surface area (Å²) in [5, 5.41) is 10.2. The zero-order chi connectivity index (χ0) is 21.0. The van der Waals surface area contributed by atoms with Gasteiger partial charge < -0.3 is 5.11 Å². The van der Waals surface area contributed by atoms with Gasteiger partial charge in [0.2, 0.25) is 0 Å². The largest absolute Gasteiger partial charge is 0.393 e. The molecule has 0 bridgehead atoms. The lowest BCUT2D eigenvalue weighted by Gasteiger charge is -2.55. The summed E-state index contributed by atoms with van der Waals surface area (Å²) in [5.41, 5.74) is 4.17. The van der Waals surface area contributed by atoms with Gasteiger partial charge in [0.1, 0.15) is 0 Å². The zero-order valence-electron chi connectivity index (χ0n) is 20.0. The van der Waals surface area contributed by atoms with E-state index in [-0.39, 0.29) is 6.10 Å². The average Bonchev–Trinajstić information content (AvgIpc) is 3.03. The fourth-order valence-electron chi connectivity index (χ4n) is 8.02. The first kappa shape index (κ1) is 21.7. The Hall–Kier alpha value is -0.560. The van der Waals surface area contributed by atoms with E-state index in [4.69, 9.17) is 0 Å². The molecule has 3 fully saturated rings. The molecule has 164 valence electrons. The highest BCUT2D eigenvalue weighted by molar-refractivity contribution is 5.38. The van der Waals surface area contributed by atoms with Crippen LogP contribution in [0.4, 0.5) is 0 Å². The van der Waals surface area contributed by atoms with Crippen LogP contribution in [0.5, 0.6) is 0 Å². The number of aliphatic hydroxyl groups is 1. The van der Waals surface area contributed by atoms with E-state index in [0.29, 0.717) is 10.8 Å². The number of fused-ring (bicyclic) bond motifs is 5. The van der Waals surface area contributed by atoms with Gasteiger partial charge in [-0.1, -0.05) is 77.7 Å². The van der Waals surface area contributed by atoms with Crippen LogP contribution in [0.25, 0.3) is 0 Å². The third-order valence-corrected chi connectivity index (χ3v) is 10.5. The molecule has 1 unspecified atom stereocenters. The molecule has 0 amide bonds. The molecule has 1 N–H and O–H groups in total. The predicted octanol–water partition coefficient (Wildman–Crippen LogP) is 7.55. The van der Waals surface area contributed by atoms with Gasteiger partial charge in [0.15, 0.2) is 0 Å². The van der Waals surface area contributed by atoms with E-state index in [1.54, 1.807) is 11.1 Å². The molecular weight excluding hydrogens is 352 g/mol. The van der Waals surface area contributed by atoms with E-state index < -0.39 is 0 Å². The molecule has 29 heavy (non-hydrogen) atoms. The van der Waals surface area contributed by atoms with Crippen LogP contribution in [-0.4, -0.2) is 11.2 Å². The van der Waals surface area contributed by atoms with Gasteiger partial charge in [-0.05, 0) is 91.3 Å². The number of aliphatic hydroxyl groups excluding tert-OH is 1. The van der Waals surface area contributed by atoms with Crippen LogP contribution in [0.1, 0.15) is 99.3 Å². The van der Waals surface area contributed by atoms with Crippen LogP contribution in [0.2, 0.25) is 0 Å². The summed E-state index contributed by atoms with van der Waals surface area (Å²) in [6, 6.07) is 0. The van der Waals surface area contributed by atoms with Crippen molar-refractivity contribution in [1.29, 1.82) is 0 Å². The van der Waals surface area contributed by atoms with Crippen LogP contribution in [0, 0.1) is 46.3 Å². The van der Waals surface area contributed by atoms with E-state index in [1.807, 2.05) is 0 Å². The van der Waals surface area contributed by atoms with E-state index in [2.05, 4.69) is 53.7 Å². The normalized spacial score (nSPS) is 43.7. The SMILES string of the molecule is CC(C)[C@@H](C)CC[C@@H](C)[C@H]1CC[C@H]2C3=CC=C4CC(O)CC[C@]4(C)[C@H]3CC[C@]12C. The van der Waals surface area contributed by atoms with Crippen LogP contribution >= 0.6 is 0 Å². The molecule has 4 rings (SSSR count). The minimum Gasteiger partial charge on any atom is -0.393 e. The highest BCUT2D eigenvalue weighted by Gasteiger charge is 2.56. The summed E-state index contributed by atoms with van der Waals surface area (Å²) in [6.07, 6.45) is 16.4. The zero-order valence-corrected chi connectivity index (χ0v) is 20.0. The van der Waals surface area contributed by atoms with Crippen molar-refractivity contribution in [3.05, 3.63) is 23.3 Å². The van der Waals surface area contributed by atoms with Crippen LogP contribution in [0.3, 0.4) is 0 Å². The first-order valence-electron chi connectivity index (χ1n) is 12.8. The quantitative estimate of drug-likeness (QED) is 0.506.